The molecule has 2 aliphatic rings. The Morgan fingerprint density at radius 3 is 2.10 bits per heavy atom. The van der Waals surface area contributed by atoms with Gasteiger partial charge in [-0.15, -0.1) is 0 Å². The number of amides is 1. The number of rotatable bonds is 2. The van der Waals surface area contributed by atoms with E-state index in [1.807, 2.05) is 12.1 Å². The Bertz CT molecular complexity index is 987. The number of fused-ring (bicyclic) bond motifs is 2. The van der Waals surface area contributed by atoms with Gasteiger partial charge in [0, 0.05) is 29.6 Å². The Balaban J connectivity index is 1.42. The lowest BCUT2D eigenvalue weighted by Crippen LogP contribution is -2.49. The van der Waals surface area contributed by atoms with E-state index < -0.39 is 0 Å². The minimum Gasteiger partial charge on any atom is -0.338 e. The highest BCUT2D eigenvalue weighted by Gasteiger charge is 2.30. The number of piperidine rings is 2. The number of benzene rings is 3. The average Bonchev–Trinajstić information content (AvgIpc) is 2.77. The molecule has 3 aromatic rings. The van der Waals surface area contributed by atoms with Crippen molar-refractivity contribution >= 4 is 50.0 Å². The predicted octanol–water partition coefficient (Wildman–Crippen LogP) is 5.50. The molecule has 5 rings (SSSR count). The van der Waals surface area contributed by atoms with E-state index >= 15 is 0 Å². The van der Waals surface area contributed by atoms with Crippen LogP contribution >= 0.6 is 22.6 Å². The molecule has 0 unspecified atom stereocenters. The maximum absolute atomic E-state index is 13.7. The normalized spacial score (nSPS) is 21.7. The maximum atomic E-state index is 13.7. The van der Waals surface area contributed by atoms with Crippen LogP contribution < -0.4 is 0 Å². The number of carbonyl (C=O) groups excluding carboxylic acids is 1. The summed E-state index contributed by atoms with van der Waals surface area (Å²) in [7, 11) is 0. The molecule has 3 aromatic carbocycles. The lowest BCUT2D eigenvalue weighted by Gasteiger charge is -2.41. The van der Waals surface area contributed by atoms with Crippen molar-refractivity contribution in [1.29, 1.82) is 0 Å². The molecule has 2 fully saturated rings. The molecule has 1 amide bonds. The molecule has 1 atom stereocenters. The SMILES string of the molecule is O=C(c1c2ccccc2cc2ccccc12)N1CCC(N2CCC[C@@H](I)C2)CC1. The number of alkyl halides is 1. The quantitative estimate of drug-likeness (QED) is 0.265. The van der Waals surface area contributed by atoms with Gasteiger partial charge < -0.3 is 4.90 Å². The summed E-state index contributed by atoms with van der Waals surface area (Å²) in [5.41, 5.74) is 0.877. The van der Waals surface area contributed by atoms with E-state index in [1.165, 1.54) is 25.9 Å². The average molecular weight is 498 g/mol. The zero-order valence-electron chi connectivity index (χ0n) is 16.7. The van der Waals surface area contributed by atoms with E-state index in [2.05, 4.69) is 74.9 Å². The summed E-state index contributed by atoms with van der Waals surface area (Å²) < 4.78 is 0.781. The van der Waals surface area contributed by atoms with E-state index in [4.69, 9.17) is 0 Å². The highest BCUT2D eigenvalue weighted by atomic mass is 127. The van der Waals surface area contributed by atoms with Crippen LogP contribution in [0.4, 0.5) is 0 Å². The summed E-state index contributed by atoms with van der Waals surface area (Å²) >= 11 is 2.60. The Morgan fingerprint density at radius 2 is 1.48 bits per heavy atom. The van der Waals surface area contributed by atoms with Crippen LogP contribution in [0.1, 0.15) is 36.0 Å². The van der Waals surface area contributed by atoms with E-state index in [-0.39, 0.29) is 5.91 Å². The first-order chi connectivity index (χ1) is 14.2. The summed E-state index contributed by atoms with van der Waals surface area (Å²) in [4.78, 5) is 18.4. The molecule has 0 saturated carbocycles. The van der Waals surface area contributed by atoms with Crippen molar-refractivity contribution < 1.29 is 4.79 Å². The molecule has 29 heavy (non-hydrogen) atoms. The third-order valence-electron chi connectivity index (χ3n) is 6.65. The van der Waals surface area contributed by atoms with Gasteiger partial charge >= 0.3 is 0 Å². The molecule has 0 aromatic heterocycles. The van der Waals surface area contributed by atoms with Crippen molar-refractivity contribution in [3.05, 3.63) is 60.2 Å². The van der Waals surface area contributed by atoms with Gasteiger partial charge in [0.25, 0.3) is 5.91 Å². The number of hydrogen-bond donors (Lipinski definition) is 0. The van der Waals surface area contributed by atoms with Gasteiger partial charge in [0.05, 0.1) is 5.56 Å². The molecule has 4 heteroatoms. The van der Waals surface area contributed by atoms with Crippen molar-refractivity contribution in [3.63, 3.8) is 0 Å². The molecule has 150 valence electrons. The van der Waals surface area contributed by atoms with Crippen LogP contribution in [0.5, 0.6) is 0 Å². The zero-order chi connectivity index (χ0) is 19.8. The van der Waals surface area contributed by atoms with Crippen LogP contribution in [-0.2, 0) is 0 Å². The van der Waals surface area contributed by atoms with Crippen LogP contribution in [0.25, 0.3) is 21.5 Å². The smallest absolute Gasteiger partial charge is 0.255 e. The van der Waals surface area contributed by atoms with E-state index in [0.29, 0.717) is 6.04 Å². The summed E-state index contributed by atoms with van der Waals surface area (Å²) in [6.07, 6.45) is 4.85. The molecule has 0 spiro atoms. The van der Waals surface area contributed by atoms with E-state index in [0.717, 1.165) is 57.0 Å². The highest BCUT2D eigenvalue weighted by Crippen LogP contribution is 2.31. The van der Waals surface area contributed by atoms with Crippen LogP contribution in [0.15, 0.2) is 54.6 Å². The largest absolute Gasteiger partial charge is 0.338 e. The van der Waals surface area contributed by atoms with Gasteiger partial charge in [-0.3, -0.25) is 9.69 Å². The number of halogens is 1. The second kappa shape index (κ2) is 8.23. The van der Waals surface area contributed by atoms with Crippen molar-refractivity contribution in [2.24, 2.45) is 0 Å². The summed E-state index contributed by atoms with van der Waals surface area (Å²) in [5.74, 6) is 0.196. The molecule has 3 nitrogen and oxygen atoms in total. The molecule has 0 radical (unpaired) electrons. The Kier molecular flexibility index (Phi) is 5.48. The van der Waals surface area contributed by atoms with Crippen LogP contribution in [-0.4, -0.2) is 51.9 Å². The first-order valence-electron chi connectivity index (χ1n) is 10.8. The first-order valence-corrected chi connectivity index (χ1v) is 12.0. The van der Waals surface area contributed by atoms with Crippen molar-refractivity contribution in [2.45, 2.75) is 35.6 Å². The number of carbonyl (C=O) groups is 1. The second-order valence-electron chi connectivity index (χ2n) is 8.45. The van der Waals surface area contributed by atoms with Gasteiger partial charge in [0.2, 0.25) is 0 Å². The second-order valence-corrected chi connectivity index (χ2v) is 10.2. The van der Waals surface area contributed by atoms with Crippen LogP contribution in [0.2, 0.25) is 0 Å². The highest BCUT2D eigenvalue weighted by molar-refractivity contribution is 14.1. The van der Waals surface area contributed by atoms with E-state index in [9.17, 15) is 4.79 Å². The molecule has 0 aliphatic carbocycles. The van der Waals surface area contributed by atoms with Gasteiger partial charge in [0.15, 0.2) is 0 Å². The van der Waals surface area contributed by atoms with Gasteiger partial charge in [-0.25, -0.2) is 0 Å². The van der Waals surface area contributed by atoms with E-state index in [1.54, 1.807) is 0 Å². The summed E-state index contributed by atoms with van der Waals surface area (Å²) in [6.45, 7) is 4.17. The molecule has 2 aliphatic heterocycles. The molecule has 0 N–H and O–H groups in total. The van der Waals surface area contributed by atoms with Gasteiger partial charge in [-0.1, -0.05) is 71.1 Å². The lowest BCUT2D eigenvalue weighted by molar-refractivity contribution is 0.0601. The predicted molar refractivity (Wildman–Crippen MR) is 129 cm³/mol. The molecule has 0 bridgehead atoms. The third kappa shape index (κ3) is 3.77. The van der Waals surface area contributed by atoms with Gasteiger partial charge in [-0.2, -0.15) is 0 Å². The fourth-order valence-corrected chi connectivity index (χ4v) is 6.07. The fourth-order valence-electron chi connectivity index (χ4n) is 5.12. The Morgan fingerprint density at radius 1 is 0.862 bits per heavy atom. The minimum atomic E-state index is 0.196. The topological polar surface area (TPSA) is 23.6 Å². The minimum absolute atomic E-state index is 0.196. The molecule has 2 heterocycles. The van der Waals surface area contributed by atoms with Crippen molar-refractivity contribution in [2.75, 3.05) is 26.2 Å². The number of nitrogens with zero attached hydrogens (tertiary/aromatic N) is 2. The summed E-state index contributed by atoms with van der Waals surface area (Å²) in [6, 6.07) is 19.4. The lowest BCUT2D eigenvalue weighted by atomic mass is 9.94. The number of likely N-dealkylation sites (tertiary alicyclic amines) is 2. The van der Waals surface area contributed by atoms with Crippen molar-refractivity contribution in [3.8, 4) is 0 Å². The molecule has 2 saturated heterocycles. The molecular weight excluding hydrogens is 471 g/mol. The van der Waals surface area contributed by atoms with Crippen LogP contribution in [0, 0.1) is 0 Å². The van der Waals surface area contributed by atoms with Crippen molar-refractivity contribution in [1.82, 2.24) is 9.80 Å². The van der Waals surface area contributed by atoms with Gasteiger partial charge in [-0.05, 0) is 59.8 Å². The Labute approximate surface area is 186 Å². The monoisotopic (exact) mass is 498 g/mol. The standard InChI is InChI=1S/C25H27IN2O/c26-20-8-5-13-28(17-20)21-11-14-27(15-12-21)25(29)24-22-9-3-1-6-18(22)16-19-7-2-4-10-23(19)24/h1-4,6-7,9-10,16,20-21H,5,8,11-15,17H2/t20-/m1/s1. The Hall–Kier alpha value is -1.66. The molecular formula is C25H27IN2O. The zero-order valence-corrected chi connectivity index (χ0v) is 18.8. The summed E-state index contributed by atoms with van der Waals surface area (Å²) in [5, 5.41) is 4.43. The first kappa shape index (κ1) is 19.3. The number of hydrogen-bond acceptors (Lipinski definition) is 2. The maximum Gasteiger partial charge on any atom is 0.255 e. The third-order valence-corrected chi connectivity index (χ3v) is 7.67. The van der Waals surface area contributed by atoms with Gasteiger partial charge in [0.1, 0.15) is 0 Å². The van der Waals surface area contributed by atoms with Crippen LogP contribution in [0.3, 0.4) is 0 Å². The fraction of sp³-hybridized carbons (Fsp3) is 0.400.